The van der Waals surface area contributed by atoms with Gasteiger partial charge in [-0.15, -0.1) is 0 Å². The summed E-state index contributed by atoms with van der Waals surface area (Å²) in [6.07, 6.45) is 1.99. The lowest BCUT2D eigenvalue weighted by Gasteiger charge is -2.39. The van der Waals surface area contributed by atoms with Crippen molar-refractivity contribution >= 4 is 34.4 Å². The van der Waals surface area contributed by atoms with E-state index in [4.69, 9.17) is 0 Å². The number of hydrogen-bond donors (Lipinski definition) is 1. The summed E-state index contributed by atoms with van der Waals surface area (Å²) in [7, 11) is 0. The number of ketones is 2. The minimum Gasteiger partial charge on any atom is -0.352 e. The molecule has 7 rings (SSSR count). The van der Waals surface area contributed by atoms with Crippen molar-refractivity contribution in [3.63, 3.8) is 0 Å². The van der Waals surface area contributed by atoms with Gasteiger partial charge >= 0.3 is 0 Å². The molecule has 40 heavy (non-hydrogen) atoms. The number of anilines is 2. The summed E-state index contributed by atoms with van der Waals surface area (Å²) >= 11 is 0. The third-order valence-corrected chi connectivity index (χ3v) is 8.63. The van der Waals surface area contributed by atoms with Gasteiger partial charge in [-0.3, -0.25) is 14.4 Å². The summed E-state index contributed by atoms with van der Waals surface area (Å²) in [4.78, 5) is 45.5. The molecule has 6 heteroatoms. The van der Waals surface area contributed by atoms with E-state index < -0.39 is 35.0 Å². The standard InChI is InChI=1S/C34H25FN2O3/c1-20-19-28-34(24-15-7-9-17-26(24)36-33(34)40)29(32(39)23-14-5-8-16-25(23)35)30(31(38)21-11-3-2-4-12-21)37(28)27-18-10-6-13-22(20)27/h2-19,28-30H,1H3,(H,36,40)/t28-,29+,30-,34-/m1/s1. The molecule has 4 aromatic rings. The lowest BCUT2D eigenvalue weighted by Crippen LogP contribution is -2.51. The van der Waals surface area contributed by atoms with Gasteiger partial charge in [0.25, 0.3) is 0 Å². The average molecular weight is 529 g/mol. The molecule has 0 bridgehead atoms. The number of para-hydroxylation sites is 2. The molecule has 0 saturated carbocycles. The van der Waals surface area contributed by atoms with Gasteiger partial charge < -0.3 is 10.2 Å². The molecule has 1 saturated heterocycles. The van der Waals surface area contributed by atoms with Crippen molar-refractivity contribution in [3.05, 3.63) is 137 Å². The molecule has 0 aliphatic carbocycles. The van der Waals surface area contributed by atoms with Gasteiger partial charge in [0, 0.05) is 22.5 Å². The summed E-state index contributed by atoms with van der Waals surface area (Å²) in [5.41, 5.74) is 2.67. The second kappa shape index (κ2) is 8.85. The van der Waals surface area contributed by atoms with Crippen LogP contribution in [0.3, 0.4) is 0 Å². The van der Waals surface area contributed by atoms with Crippen LogP contribution in [-0.2, 0) is 10.2 Å². The molecule has 4 aromatic carbocycles. The quantitative estimate of drug-likeness (QED) is 0.327. The lowest BCUT2D eigenvalue weighted by atomic mass is 9.64. The zero-order chi connectivity index (χ0) is 27.6. The van der Waals surface area contributed by atoms with Crippen LogP contribution in [0.15, 0.2) is 109 Å². The molecule has 0 unspecified atom stereocenters. The number of halogens is 1. The second-order valence-corrected chi connectivity index (χ2v) is 10.6. The number of nitrogens with zero attached hydrogens (tertiary/aromatic N) is 1. The monoisotopic (exact) mass is 528 g/mol. The molecule has 196 valence electrons. The predicted molar refractivity (Wildman–Crippen MR) is 152 cm³/mol. The molecule has 1 N–H and O–H groups in total. The van der Waals surface area contributed by atoms with Crippen LogP contribution < -0.4 is 10.2 Å². The van der Waals surface area contributed by atoms with Crippen LogP contribution in [0.1, 0.15) is 38.8 Å². The summed E-state index contributed by atoms with van der Waals surface area (Å²) < 4.78 is 15.3. The van der Waals surface area contributed by atoms with Gasteiger partial charge in [-0.1, -0.05) is 84.9 Å². The smallest absolute Gasteiger partial charge is 0.238 e. The first-order valence-electron chi connectivity index (χ1n) is 13.3. The number of benzene rings is 4. The number of carbonyl (C=O) groups excluding carboxylic acids is 3. The maximum Gasteiger partial charge on any atom is 0.238 e. The van der Waals surface area contributed by atoms with Crippen molar-refractivity contribution in [1.82, 2.24) is 0 Å². The van der Waals surface area contributed by atoms with Crippen molar-refractivity contribution < 1.29 is 18.8 Å². The van der Waals surface area contributed by atoms with E-state index in [1.807, 2.05) is 66.4 Å². The van der Waals surface area contributed by atoms with Crippen LogP contribution in [0.4, 0.5) is 15.8 Å². The van der Waals surface area contributed by atoms with Gasteiger partial charge in [0.05, 0.1) is 17.5 Å². The number of nitrogens with one attached hydrogen (secondary N) is 1. The van der Waals surface area contributed by atoms with E-state index in [1.54, 1.807) is 36.4 Å². The van der Waals surface area contributed by atoms with E-state index in [2.05, 4.69) is 5.32 Å². The van der Waals surface area contributed by atoms with E-state index in [9.17, 15) is 14.4 Å². The van der Waals surface area contributed by atoms with Crippen molar-refractivity contribution in [2.75, 3.05) is 10.2 Å². The molecule has 4 atom stereocenters. The Morgan fingerprint density at radius 1 is 0.825 bits per heavy atom. The molecule has 1 amide bonds. The minimum absolute atomic E-state index is 0.135. The summed E-state index contributed by atoms with van der Waals surface area (Å²) in [5, 5.41) is 3.00. The highest BCUT2D eigenvalue weighted by Gasteiger charge is 2.70. The Hall–Kier alpha value is -4.84. The summed E-state index contributed by atoms with van der Waals surface area (Å²) in [6, 6.07) is 27.9. The van der Waals surface area contributed by atoms with Gasteiger partial charge in [-0.05, 0) is 42.3 Å². The minimum atomic E-state index is -1.47. The molecule has 3 aliphatic heterocycles. The van der Waals surface area contributed by atoms with Crippen molar-refractivity contribution in [2.24, 2.45) is 5.92 Å². The number of hydrogen-bond acceptors (Lipinski definition) is 4. The first kappa shape index (κ1) is 24.2. The summed E-state index contributed by atoms with van der Waals surface area (Å²) in [6.45, 7) is 1.97. The molecule has 5 nitrogen and oxygen atoms in total. The first-order chi connectivity index (χ1) is 19.4. The Morgan fingerprint density at radius 3 is 2.30 bits per heavy atom. The number of allylic oxidation sites excluding steroid dienone is 1. The maximum absolute atomic E-state index is 15.3. The number of carbonyl (C=O) groups is 3. The number of fused-ring (bicyclic) bond motifs is 6. The Morgan fingerprint density at radius 2 is 1.50 bits per heavy atom. The van der Waals surface area contributed by atoms with E-state index in [-0.39, 0.29) is 17.3 Å². The van der Waals surface area contributed by atoms with Crippen molar-refractivity contribution in [3.8, 4) is 0 Å². The fourth-order valence-corrected chi connectivity index (χ4v) is 6.99. The zero-order valence-electron chi connectivity index (χ0n) is 21.7. The molecule has 0 radical (unpaired) electrons. The first-order valence-corrected chi connectivity index (χ1v) is 13.3. The molecular weight excluding hydrogens is 503 g/mol. The van der Waals surface area contributed by atoms with Crippen LogP contribution in [0.2, 0.25) is 0 Å². The van der Waals surface area contributed by atoms with Crippen molar-refractivity contribution in [2.45, 2.75) is 24.4 Å². The zero-order valence-corrected chi connectivity index (χ0v) is 21.7. The number of Topliss-reactive ketones (excluding diaryl/α,β-unsaturated/α-hetero) is 2. The van der Waals surface area contributed by atoms with Crippen LogP contribution in [-0.4, -0.2) is 29.6 Å². The molecule has 3 heterocycles. The van der Waals surface area contributed by atoms with Crippen LogP contribution in [0.5, 0.6) is 0 Å². The van der Waals surface area contributed by atoms with Crippen LogP contribution in [0, 0.1) is 11.7 Å². The fraction of sp³-hybridized carbons (Fsp3) is 0.147. The van der Waals surface area contributed by atoms with Crippen LogP contribution in [0.25, 0.3) is 5.57 Å². The van der Waals surface area contributed by atoms with Gasteiger partial charge in [0.2, 0.25) is 5.91 Å². The third kappa shape index (κ3) is 3.16. The molecular formula is C34H25FN2O3. The maximum atomic E-state index is 15.3. The van der Waals surface area contributed by atoms with E-state index >= 15 is 4.39 Å². The van der Waals surface area contributed by atoms with E-state index in [0.29, 0.717) is 16.8 Å². The third-order valence-electron chi connectivity index (χ3n) is 8.63. The largest absolute Gasteiger partial charge is 0.352 e. The highest BCUT2D eigenvalue weighted by Crippen LogP contribution is 2.58. The fourth-order valence-electron chi connectivity index (χ4n) is 6.99. The predicted octanol–water partition coefficient (Wildman–Crippen LogP) is 6.07. The lowest BCUT2D eigenvalue weighted by molar-refractivity contribution is -0.121. The molecule has 3 aliphatic rings. The van der Waals surface area contributed by atoms with Crippen LogP contribution >= 0.6 is 0 Å². The van der Waals surface area contributed by atoms with E-state index in [0.717, 1.165) is 16.8 Å². The molecule has 1 spiro atoms. The van der Waals surface area contributed by atoms with Gasteiger partial charge in [-0.25, -0.2) is 4.39 Å². The molecule has 0 aromatic heterocycles. The topological polar surface area (TPSA) is 66.5 Å². The highest BCUT2D eigenvalue weighted by atomic mass is 19.1. The number of rotatable bonds is 4. The normalized spacial score (nSPS) is 24.1. The Labute approximate surface area is 231 Å². The average Bonchev–Trinajstić information content (AvgIpc) is 3.45. The van der Waals surface area contributed by atoms with Crippen molar-refractivity contribution in [1.29, 1.82) is 0 Å². The summed E-state index contributed by atoms with van der Waals surface area (Å²) in [5.74, 6) is -3.13. The highest BCUT2D eigenvalue weighted by molar-refractivity contribution is 6.18. The van der Waals surface area contributed by atoms with E-state index in [1.165, 1.54) is 18.2 Å². The van der Waals surface area contributed by atoms with Gasteiger partial charge in [0.1, 0.15) is 17.3 Å². The number of amides is 1. The van der Waals surface area contributed by atoms with Gasteiger partial charge in [-0.2, -0.15) is 0 Å². The second-order valence-electron chi connectivity index (χ2n) is 10.6. The Kier molecular flexibility index (Phi) is 5.36. The molecule has 1 fully saturated rings. The Balaban J connectivity index is 1.57. The van der Waals surface area contributed by atoms with Gasteiger partial charge in [0.15, 0.2) is 11.6 Å². The SMILES string of the molecule is CC1=C[C@H]2N(c3ccccc31)[C@@H](C(=O)c1ccccc1)[C@@H](C(=O)c1ccccc1F)[C@]21C(=O)Nc2ccccc21. The Bertz CT molecular complexity index is 1750.